The smallest absolute Gasteiger partial charge is 0.322 e. The number of anilines is 1. The van der Waals surface area contributed by atoms with E-state index >= 15 is 0 Å². The lowest BCUT2D eigenvalue weighted by atomic mass is 10.1. The van der Waals surface area contributed by atoms with E-state index < -0.39 is 12.0 Å². The highest BCUT2D eigenvalue weighted by molar-refractivity contribution is 6.34. The molecule has 0 aromatic heterocycles. The number of amides is 1. The fraction of sp³-hybridized carbons (Fsp3) is 0.222. The number of carbonyl (C=O) groups excluding carboxylic acids is 2. The summed E-state index contributed by atoms with van der Waals surface area (Å²) in [6.45, 7) is 1.83. The average Bonchev–Trinajstić information content (AvgIpc) is 2.55. The largest absolute Gasteiger partial charge is 0.468 e. The van der Waals surface area contributed by atoms with E-state index in [-0.39, 0.29) is 5.91 Å². The number of nitrogens with two attached hydrogens (primary N) is 1. The first-order chi connectivity index (χ1) is 11.4. The molecule has 0 saturated carbocycles. The summed E-state index contributed by atoms with van der Waals surface area (Å²) in [4.78, 5) is 23.7. The fourth-order valence-corrected chi connectivity index (χ4v) is 2.63. The molecule has 0 unspecified atom stereocenters. The van der Waals surface area contributed by atoms with Crippen molar-refractivity contribution in [3.05, 3.63) is 64.2 Å². The second-order valence-corrected chi connectivity index (χ2v) is 5.82. The summed E-state index contributed by atoms with van der Waals surface area (Å²) in [5.74, 6) is -0.723. The SMILES string of the molecule is COC(=O)[C@@H](N)Cc1ccc(NC(=O)c2c(C)cccc2Cl)cc1. The van der Waals surface area contributed by atoms with E-state index in [1.165, 1.54) is 7.11 Å². The second-order valence-electron chi connectivity index (χ2n) is 5.42. The van der Waals surface area contributed by atoms with Gasteiger partial charge in [-0.15, -0.1) is 0 Å². The van der Waals surface area contributed by atoms with Crippen LogP contribution in [-0.2, 0) is 16.0 Å². The maximum Gasteiger partial charge on any atom is 0.322 e. The van der Waals surface area contributed by atoms with Gasteiger partial charge < -0.3 is 15.8 Å². The van der Waals surface area contributed by atoms with Gasteiger partial charge >= 0.3 is 5.97 Å². The number of hydrogen-bond acceptors (Lipinski definition) is 4. The normalized spacial score (nSPS) is 11.7. The third-order valence-electron chi connectivity index (χ3n) is 3.62. The Labute approximate surface area is 145 Å². The molecule has 0 saturated heterocycles. The maximum absolute atomic E-state index is 12.4. The van der Waals surface area contributed by atoms with Crippen molar-refractivity contribution >= 4 is 29.2 Å². The molecule has 0 aliphatic rings. The topological polar surface area (TPSA) is 81.4 Å². The van der Waals surface area contributed by atoms with Crippen molar-refractivity contribution in [3.63, 3.8) is 0 Å². The summed E-state index contributed by atoms with van der Waals surface area (Å²) < 4.78 is 4.60. The summed E-state index contributed by atoms with van der Waals surface area (Å²) in [5, 5.41) is 3.22. The molecule has 0 aliphatic heterocycles. The molecule has 0 heterocycles. The van der Waals surface area contributed by atoms with Crippen molar-refractivity contribution in [2.24, 2.45) is 5.73 Å². The first kappa shape index (κ1) is 18.0. The van der Waals surface area contributed by atoms with Gasteiger partial charge in [0.05, 0.1) is 17.7 Å². The predicted molar refractivity (Wildman–Crippen MR) is 94.3 cm³/mol. The molecular weight excluding hydrogens is 328 g/mol. The standard InChI is InChI=1S/C18H19ClN2O3/c1-11-4-3-5-14(19)16(11)17(22)21-13-8-6-12(7-9-13)10-15(20)18(23)24-2/h3-9,15H,10,20H2,1-2H3,(H,21,22)/t15-/m0/s1. The zero-order valence-electron chi connectivity index (χ0n) is 13.5. The van der Waals surface area contributed by atoms with E-state index in [1.807, 2.05) is 13.0 Å². The lowest BCUT2D eigenvalue weighted by Gasteiger charge is -2.11. The van der Waals surface area contributed by atoms with Crippen LogP contribution in [0.3, 0.4) is 0 Å². The number of rotatable bonds is 5. The third-order valence-corrected chi connectivity index (χ3v) is 3.94. The molecule has 2 rings (SSSR count). The number of methoxy groups -OCH3 is 1. The van der Waals surface area contributed by atoms with E-state index in [0.717, 1.165) is 11.1 Å². The molecule has 0 spiro atoms. The first-order valence-electron chi connectivity index (χ1n) is 7.41. The number of halogens is 1. The van der Waals surface area contributed by atoms with Crippen LogP contribution in [0.25, 0.3) is 0 Å². The Morgan fingerprint density at radius 3 is 2.46 bits per heavy atom. The van der Waals surface area contributed by atoms with Crippen LogP contribution in [0.4, 0.5) is 5.69 Å². The van der Waals surface area contributed by atoms with Crippen molar-refractivity contribution in [3.8, 4) is 0 Å². The molecule has 1 amide bonds. The zero-order chi connectivity index (χ0) is 17.7. The van der Waals surface area contributed by atoms with Crippen molar-refractivity contribution in [1.82, 2.24) is 0 Å². The summed E-state index contributed by atoms with van der Waals surface area (Å²) in [7, 11) is 1.30. The lowest BCUT2D eigenvalue weighted by molar-refractivity contribution is -0.142. The van der Waals surface area contributed by atoms with Gasteiger partial charge in [-0.1, -0.05) is 35.9 Å². The number of benzene rings is 2. The van der Waals surface area contributed by atoms with E-state index in [2.05, 4.69) is 10.1 Å². The van der Waals surface area contributed by atoms with Crippen LogP contribution in [0, 0.1) is 6.92 Å². The fourth-order valence-electron chi connectivity index (χ4n) is 2.33. The molecule has 0 radical (unpaired) electrons. The molecule has 24 heavy (non-hydrogen) atoms. The molecule has 5 nitrogen and oxygen atoms in total. The van der Waals surface area contributed by atoms with Gasteiger partial charge in [0.2, 0.25) is 0 Å². The van der Waals surface area contributed by atoms with Gasteiger partial charge in [0.25, 0.3) is 5.91 Å². The zero-order valence-corrected chi connectivity index (χ0v) is 14.3. The minimum atomic E-state index is -0.707. The molecule has 2 aromatic rings. The van der Waals surface area contributed by atoms with Gasteiger partial charge in [-0.2, -0.15) is 0 Å². The monoisotopic (exact) mass is 346 g/mol. The summed E-state index contributed by atoms with van der Waals surface area (Å²) >= 11 is 6.10. The van der Waals surface area contributed by atoms with Gasteiger partial charge in [-0.3, -0.25) is 9.59 Å². The maximum atomic E-state index is 12.4. The first-order valence-corrected chi connectivity index (χ1v) is 7.79. The molecule has 0 fully saturated rings. The predicted octanol–water partition coefficient (Wildman–Crippen LogP) is 2.94. The Balaban J connectivity index is 2.06. The van der Waals surface area contributed by atoms with Crippen LogP contribution in [0.5, 0.6) is 0 Å². The Morgan fingerprint density at radius 1 is 1.21 bits per heavy atom. The third kappa shape index (κ3) is 4.34. The van der Waals surface area contributed by atoms with Crippen LogP contribution in [-0.4, -0.2) is 25.0 Å². The number of esters is 1. The molecule has 0 aliphatic carbocycles. The summed E-state index contributed by atoms with van der Waals surface area (Å²) in [6.07, 6.45) is 0.366. The van der Waals surface area contributed by atoms with Gasteiger partial charge in [-0.25, -0.2) is 0 Å². The molecule has 2 aromatic carbocycles. The van der Waals surface area contributed by atoms with E-state index in [1.54, 1.807) is 36.4 Å². The van der Waals surface area contributed by atoms with Gasteiger partial charge in [0.1, 0.15) is 6.04 Å². The Morgan fingerprint density at radius 2 is 1.88 bits per heavy atom. The van der Waals surface area contributed by atoms with E-state index in [4.69, 9.17) is 17.3 Å². The minimum Gasteiger partial charge on any atom is -0.468 e. The highest BCUT2D eigenvalue weighted by Gasteiger charge is 2.15. The quantitative estimate of drug-likeness (QED) is 0.815. The van der Waals surface area contributed by atoms with Crippen LogP contribution in [0.2, 0.25) is 5.02 Å². The molecule has 126 valence electrons. The van der Waals surface area contributed by atoms with Crippen molar-refractivity contribution in [1.29, 1.82) is 0 Å². The second kappa shape index (κ2) is 7.95. The average molecular weight is 347 g/mol. The van der Waals surface area contributed by atoms with Gasteiger partial charge in [0.15, 0.2) is 0 Å². The molecule has 6 heteroatoms. The lowest BCUT2D eigenvalue weighted by Crippen LogP contribution is -2.33. The molecular formula is C18H19ClN2O3. The molecule has 1 atom stereocenters. The Kier molecular flexibility index (Phi) is 5.95. The summed E-state index contributed by atoms with van der Waals surface area (Å²) in [6, 6.07) is 11.7. The Hall–Kier alpha value is -2.37. The van der Waals surface area contributed by atoms with Crippen molar-refractivity contribution in [2.45, 2.75) is 19.4 Å². The van der Waals surface area contributed by atoms with Crippen LogP contribution < -0.4 is 11.1 Å². The molecule has 0 bridgehead atoms. The van der Waals surface area contributed by atoms with E-state index in [0.29, 0.717) is 22.7 Å². The van der Waals surface area contributed by atoms with Crippen LogP contribution in [0.15, 0.2) is 42.5 Å². The van der Waals surface area contributed by atoms with Gasteiger partial charge in [0, 0.05) is 5.69 Å². The highest BCUT2D eigenvalue weighted by atomic mass is 35.5. The van der Waals surface area contributed by atoms with Gasteiger partial charge in [-0.05, 0) is 42.7 Å². The number of ether oxygens (including phenoxy) is 1. The van der Waals surface area contributed by atoms with Crippen molar-refractivity contribution < 1.29 is 14.3 Å². The van der Waals surface area contributed by atoms with Crippen molar-refractivity contribution in [2.75, 3.05) is 12.4 Å². The van der Waals surface area contributed by atoms with Crippen LogP contribution in [0.1, 0.15) is 21.5 Å². The summed E-state index contributed by atoms with van der Waals surface area (Å²) in [5.41, 5.74) is 8.50. The number of carbonyl (C=O) groups is 2. The van der Waals surface area contributed by atoms with Crippen LogP contribution >= 0.6 is 11.6 Å². The number of hydrogen-bond donors (Lipinski definition) is 2. The van der Waals surface area contributed by atoms with E-state index in [9.17, 15) is 9.59 Å². The number of aryl methyl sites for hydroxylation is 1. The Bertz CT molecular complexity index is 724. The highest BCUT2D eigenvalue weighted by Crippen LogP contribution is 2.21. The number of nitrogens with one attached hydrogen (secondary N) is 1. The molecule has 3 N–H and O–H groups in total. The minimum absolute atomic E-state index is 0.267.